The highest BCUT2D eigenvalue weighted by Crippen LogP contribution is 1.79. The Labute approximate surface area is 88.3 Å². The number of hydrazine groups is 4. The molecule has 12 nitrogen and oxygen atoms in total. The van der Waals surface area contributed by atoms with Gasteiger partial charge in [0.05, 0.1) is 0 Å². The maximum Gasteiger partial charge on any atom is 0.349 e. The van der Waals surface area contributed by atoms with Crippen LogP contribution in [0.4, 0.5) is 9.59 Å². The van der Waals surface area contributed by atoms with Gasteiger partial charge in [0.15, 0.2) is 0 Å². The summed E-state index contributed by atoms with van der Waals surface area (Å²) in [5.41, 5.74) is 11.2. The molecule has 16 heavy (non-hydrogen) atoms. The maximum absolute atomic E-state index is 11.0. The summed E-state index contributed by atoms with van der Waals surface area (Å²) < 4.78 is 0. The number of carbonyl (C=O) groups excluding carboxylic acids is 4. The third kappa shape index (κ3) is 4.07. The summed E-state index contributed by atoms with van der Waals surface area (Å²) in [6.45, 7) is 0. The number of nitrogens with zero attached hydrogens (tertiary/aromatic N) is 1. The van der Waals surface area contributed by atoms with Gasteiger partial charge in [0, 0.05) is 0 Å². The van der Waals surface area contributed by atoms with Gasteiger partial charge in [0.25, 0.3) is 0 Å². The largest absolute Gasteiger partial charge is 0.361 e. The van der Waals surface area contributed by atoms with Gasteiger partial charge in [0.2, 0.25) is 0 Å². The smallest absolute Gasteiger partial charge is 0.349 e. The van der Waals surface area contributed by atoms with E-state index in [1.165, 1.54) is 0 Å². The summed E-state index contributed by atoms with van der Waals surface area (Å²) in [6.07, 6.45) is 0. The van der Waals surface area contributed by atoms with E-state index in [1.54, 1.807) is 21.7 Å². The van der Waals surface area contributed by atoms with Gasteiger partial charge in [0.1, 0.15) is 0 Å². The Bertz CT molecular complexity index is 297. The molecule has 0 aromatic carbocycles. The first-order valence-corrected chi connectivity index (χ1v) is 3.60. The van der Waals surface area contributed by atoms with Crippen molar-refractivity contribution < 1.29 is 19.2 Å². The van der Waals surface area contributed by atoms with Crippen molar-refractivity contribution in [3.05, 3.63) is 0 Å². The first kappa shape index (κ1) is 13.4. The summed E-state index contributed by atoms with van der Waals surface area (Å²) in [7, 11) is 0. The molecule has 10 N–H and O–H groups in total. The molecule has 0 atom stereocenters. The van der Waals surface area contributed by atoms with Gasteiger partial charge in [-0.2, -0.15) is 0 Å². The molecule has 6 amide bonds. The summed E-state index contributed by atoms with van der Waals surface area (Å²) in [5.74, 6) is 6.55. The van der Waals surface area contributed by atoms with E-state index in [9.17, 15) is 19.2 Å². The average Bonchev–Trinajstić information content (AvgIpc) is 2.26. The van der Waals surface area contributed by atoms with Crippen molar-refractivity contribution >= 4 is 23.9 Å². The molecule has 12 heteroatoms. The second-order valence-corrected chi connectivity index (χ2v) is 2.18. The van der Waals surface area contributed by atoms with Crippen LogP contribution >= 0.6 is 0 Å². The number of nitrogens with one attached hydrogen (secondary N) is 4. The van der Waals surface area contributed by atoms with Crippen molar-refractivity contribution in [2.75, 3.05) is 0 Å². The Kier molecular flexibility index (Phi) is 5.02. The maximum atomic E-state index is 11.0. The molecular weight excluding hydrogens is 224 g/mol. The first-order valence-electron chi connectivity index (χ1n) is 3.60. The minimum Gasteiger partial charge on any atom is -0.361 e. The van der Waals surface area contributed by atoms with E-state index in [-0.39, 0.29) is 5.12 Å². The van der Waals surface area contributed by atoms with Gasteiger partial charge in [-0.25, -0.2) is 32.1 Å². The van der Waals surface area contributed by atoms with Crippen LogP contribution < -0.4 is 39.1 Å². The number of carbonyl (C=O) groups is 4. The quantitative estimate of drug-likeness (QED) is 0.0952. The molecule has 0 saturated heterocycles. The van der Waals surface area contributed by atoms with Crippen molar-refractivity contribution in [2.45, 2.75) is 0 Å². The van der Waals surface area contributed by atoms with Crippen LogP contribution in [0.3, 0.4) is 0 Å². The first-order chi connectivity index (χ1) is 7.42. The third-order valence-corrected chi connectivity index (χ3v) is 1.10. The van der Waals surface area contributed by atoms with Gasteiger partial charge in [-0.1, -0.05) is 0 Å². The number of amides is 6. The van der Waals surface area contributed by atoms with Crippen molar-refractivity contribution in [1.82, 2.24) is 26.8 Å². The third-order valence-electron chi connectivity index (χ3n) is 1.10. The molecule has 0 heterocycles. The van der Waals surface area contributed by atoms with E-state index in [0.717, 1.165) is 0 Å². The molecule has 90 valence electrons. The number of hydrogen-bond acceptors (Lipinski definition) is 6. The van der Waals surface area contributed by atoms with Crippen molar-refractivity contribution in [3.8, 4) is 0 Å². The topological polar surface area (TPSA) is 198 Å². The van der Waals surface area contributed by atoms with Crippen LogP contribution in [0.2, 0.25) is 0 Å². The molecular formula is C4H10N8O4. The summed E-state index contributed by atoms with van der Waals surface area (Å²) >= 11 is 0. The van der Waals surface area contributed by atoms with Crippen LogP contribution in [0.15, 0.2) is 0 Å². The zero-order valence-corrected chi connectivity index (χ0v) is 7.81. The SMILES string of the molecule is NNC(=O)NN(NC(=O)NN)C(=O)C(N)=O. The molecule has 0 aliphatic heterocycles. The van der Waals surface area contributed by atoms with Gasteiger partial charge < -0.3 is 5.73 Å². The Balaban J connectivity index is 4.62. The van der Waals surface area contributed by atoms with Crippen LogP contribution in [-0.2, 0) is 9.59 Å². The number of hydrogen-bond donors (Lipinski definition) is 7. The number of rotatable bonds is 0. The predicted molar refractivity (Wildman–Crippen MR) is 47.7 cm³/mol. The molecule has 0 rings (SSSR count). The molecule has 0 aliphatic carbocycles. The molecule has 0 aromatic rings. The standard InChI is InChI=1S/C4H10N8O4/c5-1(13)2(14)12(10-3(15)8-6)11-4(16)9-7/h6-7H2,(H2,5,13)(H2,8,10,15)(H2,9,11,16). The van der Waals surface area contributed by atoms with E-state index in [4.69, 9.17) is 11.7 Å². The molecule has 0 unspecified atom stereocenters. The van der Waals surface area contributed by atoms with Crippen LogP contribution in [0.5, 0.6) is 0 Å². The van der Waals surface area contributed by atoms with E-state index in [1.807, 2.05) is 0 Å². The lowest BCUT2D eigenvalue weighted by atomic mass is 10.6. The van der Waals surface area contributed by atoms with E-state index in [2.05, 4.69) is 5.73 Å². The molecule has 0 saturated carbocycles. The molecule has 0 aromatic heterocycles. The van der Waals surface area contributed by atoms with Gasteiger partial charge in [-0.15, -0.1) is 5.12 Å². The highest BCUT2D eigenvalue weighted by Gasteiger charge is 2.22. The minimum absolute atomic E-state index is 0.104. The van der Waals surface area contributed by atoms with Crippen LogP contribution in [-0.4, -0.2) is 29.0 Å². The Morgan fingerprint density at radius 3 is 1.50 bits per heavy atom. The fourth-order valence-electron chi connectivity index (χ4n) is 0.507. The van der Waals surface area contributed by atoms with Crippen molar-refractivity contribution in [3.63, 3.8) is 0 Å². The van der Waals surface area contributed by atoms with Crippen LogP contribution in [0.25, 0.3) is 0 Å². The van der Waals surface area contributed by atoms with Crippen molar-refractivity contribution in [1.29, 1.82) is 0 Å². The highest BCUT2D eigenvalue weighted by atomic mass is 16.2. The summed E-state index contributed by atoms with van der Waals surface area (Å²) in [4.78, 5) is 43.0. The Hall–Kier alpha value is -2.60. The lowest BCUT2D eigenvalue weighted by molar-refractivity contribution is -0.147. The number of urea groups is 2. The van der Waals surface area contributed by atoms with Gasteiger partial charge >= 0.3 is 23.9 Å². The predicted octanol–water partition coefficient (Wildman–Crippen LogP) is -4.52. The normalized spacial score (nSPS) is 8.62. The van der Waals surface area contributed by atoms with E-state index < -0.39 is 23.9 Å². The van der Waals surface area contributed by atoms with Gasteiger partial charge in [-0.3, -0.25) is 20.4 Å². The summed E-state index contributed by atoms with van der Waals surface area (Å²) in [5, 5.41) is 0.104. The summed E-state index contributed by atoms with van der Waals surface area (Å²) in [6, 6.07) is -2.15. The minimum atomic E-state index is -1.42. The molecule has 0 spiro atoms. The molecule has 0 aliphatic rings. The zero-order chi connectivity index (χ0) is 12.7. The average molecular weight is 234 g/mol. The molecule has 0 fully saturated rings. The fourth-order valence-corrected chi connectivity index (χ4v) is 0.507. The van der Waals surface area contributed by atoms with Crippen LogP contribution in [0.1, 0.15) is 0 Å². The van der Waals surface area contributed by atoms with Crippen molar-refractivity contribution in [2.24, 2.45) is 17.4 Å². The number of primary amides is 1. The van der Waals surface area contributed by atoms with Crippen LogP contribution in [0, 0.1) is 0 Å². The van der Waals surface area contributed by atoms with E-state index >= 15 is 0 Å². The van der Waals surface area contributed by atoms with E-state index in [0.29, 0.717) is 0 Å². The second kappa shape index (κ2) is 5.99. The zero-order valence-electron chi connectivity index (χ0n) is 7.81. The second-order valence-electron chi connectivity index (χ2n) is 2.18. The lowest BCUT2D eigenvalue weighted by Crippen LogP contribution is -2.63. The fraction of sp³-hybridized carbons (Fsp3) is 0. The van der Waals surface area contributed by atoms with Gasteiger partial charge in [-0.05, 0) is 0 Å². The molecule has 0 radical (unpaired) electrons. The Morgan fingerprint density at radius 1 is 0.875 bits per heavy atom. The number of nitrogens with two attached hydrogens (primary N) is 3. The lowest BCUT2D eigenvalue weighted by Gasteiger charge is -2.20. The highest BCUT2D eigenvalue weighted by molar-refractivity contribution is 6.34. The monoisotopic (exact) mass is 234 g/mol. The molecule has 0 bridgehead atoms. The Morgan fingerprint density at radius 2 is 1.25 bits per heavy atom.